The van der Waals surface area contributed by atoms with E-state index in [1.807, 2.05) is 0 Å². The fourth-order valence-electron chi connectivity index (χ4n) is 2.97. The van der Waals surface area contributed by atoms with Gasteiger partial charge in [-0.2, -0.15) is 0 Å². The van der Waals surface area contributed by atoms with Crippen LogP contribution in [0.1, 0.15) is 64.7 Å². The van der Waals surface area contributed by atoms with E-state index in [0.717, 1.165) is 12.0 Å². The van der Waals surface area contributed by atoms with E-state index in [1.165, 1.54) is 84.0 Å². The smallest absolute Gasteiger partial charge is 0.00683 e. The second-order valence-corrected chi connectivity index (χ2v) is 6.38. The van der Waals surface area contributed by atoms with Crippen LogP contribution in [0.15, 0.2) is 0 Å². The molecule has 0 aromatic rings. The van der Waals surface area contributed by atoms with E-state index in [4.69, 9.17) is 0 Å². The molecule has 0 amide bonds. The first-order chi connectivity index (χ1) is 8.88. The molecule has 106 valence electrons. The third-order valence-corrected chi connectivity index (χ3v) is 4.56. The average molecular weight is 252 g/mol. The van der Waals surface area contributed by atoms with Crippen molar-refractivity contribution in [3.8, 4) is 0 Å². The van der Waals surface area contributed by atoms with Gasteiger partial charge in [0.2, 0.25) is 0 Å². The Morgan fingerprint density at radius 3 is 2.33 bits per heavy atom. The van der Waals surface area contributed by atoms with Crippen LogP contribution < -0.4 is 5.32 Å². The Bertz CT molecular complexity index is 205. The van der Waals surface area contributed by atoms with Crippen molar-refractivity contribution in [1.82, 2.24) is 10.2 Å². The zero-order valence-corrected chi connectivity index (χ0v) is 12.3. The fourth-order valence-corrected chi connectivity index (χ4v) is 2.97. The lowest BCUT2D eigenvalue weighted by atomic mass is 9.96. The largest absolute Gasteiger partial charge is 0.314 e. The van der Waals surface area contributed by atoms with Crippen LogP contribution in [0.4, 0.5) is 0 Å². The van der Waals surface area contributed by atoms with Gasteiger partial charge in [-0.3, -0.25) is 0 Å². The molecular formula is C16H32N2. The van der Waals surface area contributed by atoms with Crippen LogP contribution >= 0.6 is 0 Å². The van der Waals surface area contributed by atoms with Gasteiger partial charge in [-0.15, -0.1) is 0 Å². The van der Waals surface area contributed by atoms with Gasteiger partial charge in [0.15, 0.2) is 0 Å². The summed E-state index contributed by atoms with van der Waals surface area (Å²) in [6.07, 6.45) is 12.8. The van der Waals surface area contributed by atoms with Crippen molar-refractivity contribution >= 4 is 0 Å². The van der Waals surface area contributed by atoms with Crippen LogP contribution in [-0.4, -0.2) is 37.1 Å². The van der Waals surface area contributed by atoms with E-state index in [2.05, 4.69) is 17.1 Å². The van der Waals surface area contributed by atoms with Gasteiger partial charge in [0.05, 0.1) is 0 Å². The SMILES string of the molecule is CCCCCCCN1CCC(CNC2CC2)CC1. The molecule has 2 nitrogen and oxygen atoms in total. The van der Waals surface area contributed by atoms with Crippen molar-refractivity contribution in [2.24, 2.45) is 5.92 Å². The van der Waals surface area contributed by atoms with Gasteiger partial charge in [0.25, 0.3) is 0 Å². The van der Waals surface area contributed by atoms with Crippen molar-refractivity contribution in [3.05, 3.63) is 0 Å². The molecule has 1 heterocycles. The number of piperidine rings is 1. The highest BCUT2D eigenvalue weighted by Gasteiger charge is 2.23. The highest BCUT2D eigenvalue weighted by Crippen LogP contribution is 2.22. The zero-order chi connectivity index (χ0) is 12.6. The lowest BCUT2D eigenvalue weighted by Crippen LogP contribution is -2.38. The first-order valence-electron chi connectivity index (χ1n) is 8.34. The van der Waals surface area contributed by atoms with Crippen molar-refractivity contribution in [2.75, 3.05) is 26.2 Å². The molecule has 1 aliphatic heterocycles. The van der Waals surface area contributed by atoms with Gasteiger partial charge in [0, 0.05) is 6.04 Å². The monoisotopic (exact) mass is 252 g/mol. The highest BCUT2D eigenvalue weighted by molar-refractivity contribution is 4.83. The Hall–Kier alpha value is -0.0800. The number of hydrogen-bond acceptors (Lipinski definition) is 2. The first-order valence-corrected chi connectivity index (χ1v) is 8.34. The molecule has 1 saturated heterocycles. The van der Waals surface area contributed by atoms with Gasteiger partial charge in [-0.25, -0.2) is 0 Å². The van der Waals surface area contributed by atoms with Crippen LogP contribution in [0.2, 0.25) is 0 Å². The maximum Gasteiger partial charge on any atom is 0.00683 e. The Morgan fingerprint density at radius 1 is 0.944 bits per heavy atom. The third kappa shape index (κ3) is 5.71. The lowest BCUT2D eigenvalue weighted by Gasteiger charge is -2.32. The molecule has 0 atom stereocenters. The average Bonchev–Trinajstić information content (AvgIpc) is 3.22. The third-order valence-electron chi connectivity index (χ3n) is 4.56. The Kier molecular flexibility index (Phi) is 6.50. The standard InChI is InChI=1S/C16H32N2/c1-2-3-4-5-6-11-18-12-9-15(10-13-18)14-17-16-7-8-16/h15-17H,2-14H2,1H3. The molecule has 0 radical (unpaired) electrons. The summed E-state index contributed by atoms with van der Waals surface area (Å²) in [6, 6.07) is 0.890. The van der Waals surface area contributed by atoms with Gasteiger partial charge < -0.3 is 10.2 Å². The summed E-state index contributed by atoms with van der Waals surface area (Å²) in [5, 5.41) is 3.69. The van der Waals surface area contributed by atoms with Gasteiger partial charge in [0.1, 0.15) is 0 Å². The molecular weight excluding hydrogens is 220 g/mol. The molecule has 0 aromatic carbocycles. The molecule has 1 aliphatic carbocycles. The molecule has 0 bridgehead atoms. The molecule has 2 rings (SSSR count). The van der Waals surface area contributed by atoms with Crippen molar-refractivity contribution in [1.29, 1.82) is 0 Å². The quantitative estimate of drug-likeness (QED) is 0.633. The fraction of sp³-hybridized carbons (Fsp3) is 1.00. The summed E-state index contributed by atoms with van der Waals surface area (Å²) in [6.45, 7) is 7.64. The second-order valence-electron chi connectivity index (χ2n) is 6.38. The van der Waals surface area contributed by atoms with Crippen LogP contribution in [-0.2, 0) is 0 Å². The number of hydrogen-bond donors (Lipinski definition) is 1. The molecule has 1 saturated carbocycles. The van der Waals surface area contributed by atoms with E-state index < -0.39 is 0 Å². The molecule has 2 fully saturated rings. The molecule has 2 aliphatic rings. The van der Waals surface area contributed by atoms with Gasteiger partial charge in [-0.05, 0) is 64.2 Å². The zero-order valence-electron chi connectivity index (χ0n) is 12.3. The molecule has 1 N–H and O–H groups in total. The minimum absolute atomic E-state index is 0.890. The maximum absolute atomic E-state index is 3.69. The number of nitrogens with zero attached hydrogens (tertiary/aromatic N) is 1. The molecule has 2 heteroatoms. The summed E-state index contributed by atoms with van der Waals surface area (Å²) in [4.78, 5) is 2.69. The Labute approximate surface area is 114 Å². The van der Waals surface area contributed by atoms with Crippen LogP contribution in [0.25, 0.3) is 0 Å². The summed E-state index contributed by atoms with van der Waals surface area (Å²) in [7, 11) is 0. The minimum atomic E-state index is 0.890. The Balaban J connectivity index is 1.45. The van der Waals surface area contributed by atoms with Crippen LogP contribution in [0.3, 0.4) is 0 Å². The van der Waals surface area contributed by atoms with E-state index in [-0.39, 0.29) is 0 Å². The van der Waals surface area contributed by atoms with Crippen molar-refractivity contribution < 1.29 is 0 Å². The molecule has 18 heavy (non-hydrogen) atoms. The normalized spacial score (nSPS) is 22.5. The predicted octanol–water partition coefficient (Wildman–Crippen LogP) is 3.42. The number of nitrogens with one attached hydrogen (secondary N) is 1. The lowest BCUT2D eigenvalue weighted by molar-refractivity contribution is 0.179. The van der Waals surface area contributed by atoms with E-state index >= 15 is 0 Å². The summed E-state index contributed by atoms with van der Waals surface area (Å²) >= 11 is 0. The molecule has 0 spiro atoms. The summed E-state index contributed by atoms with van der Waals surface area (Å²) in [5.74, 6) is 0.960. The van der Waals surface area contributed by atoms with Crippen molar-refractivity contribution in [2.45, 2.75) is 70.8 Å². The maximum atomic E-state index is 3.69. The van der Waals surface area contributed by atoms with Crippen molar-refractivity contribution in [3.63, 3.8) is 0 Å². The first kappa shape index (κ1) is 14.3. The topological polar surface area (TPSA) is 15.3 Å². The number of unbranched alkanes of at least 4 members (excludes halogenated alkanes) is 4. The van der Waals surface area contributed by atoms with Gasteiger partial charge >= 0.3 is 0 Å². The van der Waals surface area contributed by atoms with Crippen LogP contribution in [0, 0.1) is 5.92 Å². The van der Waals surface area contributed by atoms with Gasteiger partial charge in [-0.1, -0.05) is 32.6 Å². The Morgan fingerprint density at radius 2 is 1.67 bits per heavy atom. The van der Waals surface area contributed by atoms with E-state index in [9.17, 15) is 0 Å². The second kappa shape index (κ2) is 8.16. The predicted molar refractivity (Wildman–Crippen MR) is 78.9 cm³/mol. The number of rotatable bonds is 9. The van der Waals surface area contributed by atoms with E-state index in [0.29, 0.717) is 0 Å². The van der Waals surface area contributed by atoms with E-state index in [1.54, 1.807) is 0 Å². The number of likely N-dealkylation sites (tertiary alicyclic amines) is 1. The summed E-state index contributed by atoms with van der Waals surface area (Å²) in [5.41, 5.74) is 0. The van der Waals surface area contributed by atoms with Crippen LogP contribution in [0.5, 0.6) is 0 Å². The molecule has 0 aromatic heterocycles. The minimum Gasteiger partial charge on any atom is -0.314 e. The molecule has 0 unspecified atom stereocenters. The highest BCUT2D eigenvalue weighted by atomic mass is 15.1. The summed E-state index contributed by atoms with van der Waals surface area (Å²) < 4.78 is 0.